The molecule has 0 unspecified atom stereocenters. The Kier molecular flexibility index (Phi) is 2.66. The van der Waals surface area contributed by atoms with Crippen LogP contribution in [-0.2, 0) is 4.74 Å². The number of ether oxygens (including phenoxy) is 1. The molecule has 0 aromatic carbocycles. The van der Waals surface area contributed by atoms with Crippen LogP contribution in [0.5, 0.6) is 0 Å². The summed E-state index contributed by atoms with van der Waals surface area (Å²) in [5.41, 5.74) is 1.19. The van der Waals surface area contributed by atoms with Crippen LogP contribution < -0.4 is 0 Å². The van der Waals surface area contributed by atoms with E-state index < -0.39 is 0 Å². The van der Waals surface area contributed by atoms with E-state index >= 15 is 0 Å². The van der Waals surface area contributed by atoms with Gasteiger partial charge in [0, 0.05) is 12.1 Å². The van der Waals surface area contributed by atoms with Crippen LogP contribution in [-0.4, -0.2) is 22.5 Å². The molecule has 0 aliphatic heterocycles. The van der Waals surface area contributed by atoms with Crippen LogP contribution >= 0.6 is 0 Å². The van der Waals surface area contributed by atoms with Crippen molar-refractivity contribution in [3.8, 4) is 0 Å². The Labute approximate surface area is 88.7 Å². The van der Waals surface area contributed by atoms with Gasteiger partial charge in [0.1, 0.15) is 5.82 Å². The predicted molar refractivity (Wildman–Crippen MR) is 54.7 cm³/mol. The van der Waals surface area contributed by atoms with Crippen LogP contribution in [0.15, 0.2) is 6.20 Å². The molecule has 0 spiro atoms. The molecular formula is C11H14N2O2. The van der Waals surface area contributed by atoms with E-state index in [-0.39, 0.29) is 5.97 Å². The first-order valence-corrected chi connectivity index (χ1v) is 5.23. The van der Waals surface area contributed by atoms with Crippen LogP contribution in [0.2, 0.25) is 0 Å². The summed E-state index contributed by atoms with van der Waals surface area (Å²) >= 11 is 0. The predicted octanol–water partition coefficient (Wildman–Crippen LogP) is 1.84. The zero-order valence-electron chi connectivity index (χ0n) is 8.99. The smallest absolute Gasteiger partial charge is 0.341 e. The normalized spacial score (nSPS) is 15.1. The Balaban J connectivity index is 2.21. The molecule has 1 heterocycles. The molecule has 4 nitrogen and oxygen atoms in total. The van der Waals surface area contributed by atoms with Crippen LogP contribution in [0.1, 0.15) is 47.6 Å². The zero-order chi connectivity index (χ0) is 10.8. The van der Waals surface area contributed by atoms with Gasteiger partial charge in [-0.05, 0) is 26.7 Å². The van der Waals surface area contributed by atoms with E-state index in [1.165, 1.54) is 0 Å². The maximum absolute atomic E-state index is 11.5. The van der Waals surface area contributed by atoms with E-state index in [9.17, 15) is 4.79 Å². The maximum atomic E-state index is 11.5. The number of nitrogens with zero attached hydrogens (tertiary/aromatic N) is 2. The Bertz CT molecular complexity index is 386. The van der Waals surface area contributed by atoms with E-state index in [2.05, 4.69) is 9.97 Å². The Hall–Kier alpha value is -1.45. The monoisotopic (exact) mass is 206 g/mol. The molecule has 0 amide bonds. The van der Waals surface area contributed by atoms with Gasteiger partial charge in [0.25, 0.3) is 0 Å². The quantitative estimate of drug-likeness (QED) is 0.708. The van der Waals surface area contributed by atoms with E-state index in [0.29, 0.717) is 23.8 Å². The highest BCUT2D eigenvalue weighted by molar-refractivity contribution is 5.90. The summed E-state index contributed by atoms with van der Waals surface area (Å²) in [6.07, 6.45) is 3.91. The minimum Gasteiger partial charge on any atom is -0.462 e. The first-order chi connectivity index (χ1) is 7.22. The fraction of sp³-hybridized carbons (Fsp3) is 0.545. The summed E-state index contributed by atoms with van der Waals surface area (Å²) < 4.78 is 4.91. The van der Waals surface area contributed by atoms with Crippen molar-refractivity contribution in [3.63, 3.8) is 0 Å². The Morgan fingerprint density at radius 1 is 1.60 bits per heavy atom. The van der Waals surface area contributed by atoms with Gasteiger partial charge in [-0.2, -0.15) is 0 Å². The molecule has 0 N–H and O–H groups in total. The highest BCUT2D eigenvalue weighted by atomic mass is 16.5. The third-order valence-electron chi connectivity index (χ3n) is 2.44. The van der Waals surface area contributed by atoms with Gasteiger partial charge < -0.3 is 4.74 Å². The van der Waals surface area contributed by atoms with Gasteiger partial charge in [0.15, 0.2) is 0 Å². The molecule has 1 aliphatic rings. The summed E-state index contributed by atoms with van der Waals surface area (Å²) in [6, 6.07) is 0. The van der Waals surface area contributed by atoms with E-state index in [1.54, 1.807) is 13.1 Å². The van der Waals surface area contributed by atoms with Gasteiger partial charge in [0.2, 0.25) is 0 Å². The minimum atomic E-state index is -0.336. The lowest BCUT2D eigenvalue weighted by Crippen LogP contribution is -2.10. The molecule has 0 bridgehead atoms. The van der Waals surface area contributed by atoms with Crippen LogP contribution in [0.25, 0.3) is 0 Å². The molecule has 1 fully saturated rings. The lowest BCUT2D eigenvalue weighted by Gasteiger charge is -2.05. The van der Waals surface area contributed by atoms with Crippen molar-refractivity contribution in [2.75, 3.05) is 6.61 Å². The zero-order valence-corrected chi connectivity index (χ0v) is 8.99. The topological polar surface area (TPSA) is 52.1 Å². The van der Waals surface area contributed by atoms with Crippen molar-refractivity contribution in [3.05, 3.63) is 23.3 Å². The van der Waals surface area contributed by atoms with Crippen molar-refractivity contribution in [1.82, 2.24) is 9.97 Å². The van der Waals surface area contributed by atoms with Crippen molar-refractivity contribution in [2.45, 2.75) is 32.6 Å². The Morgan fingerprint density at radius 3 is 2.87 bits per heavy atom. The van der Waals surface area contributed by atoms with Crippen molar-refractivity contribution >= 4 is 5.97 Å². The summed E-state index contributed by atoms with van der Waals surface area (Å²) in [5.74, 6) is 1.04. The van der Waals surface area contributed by atoms with Crippen LogP contribution in [0.4, 0.5) is 0 Å². The van der Waals surface area contributed by atoms with Crippen molar-refractivity contribution < 1.29 is 9.53 Å². The third kappa shape index (κ3) is 2.14. The van der Waals surface area contributed by atoms with E-state index in [1.807, 2.05) is 6.92 Å². The standard InChI is InChI=1S/C11H14N2O2/c1-3-15-11(14)9-6-12-10(8-4-5-8)13-7(9)2/h6,8H,3-5H2,1-2H3. The van der Waals surface area contributed by atoms with Gasteiger partial charge in [-0.3, -0.25) is 0 Å². The number of aromatic nitrogens is 2. The lowest BCUT2D eigenvalue weighted by molar-refractivity contribution is 0.0524. The molecule has 15 heavy (non-hydrogen) atoms. The molecule has 0 atom stereocenters. The lowest BCUT2D eigenvalue weighted by atomic mass is 10.2. The summed E-state index contributed by atoms with van der Waals surface area (Å²) in [5, 5.41) is 0. The Morgan fingerprint density at radius 2 is 2.33 bits per heavy atom. The van der Waals surface area contributed by atoms with Crippen LogP contribution in [0, 0.1) is 6.92 Å². The number of esters is 1. The van der Waals surface area contributed by atoms with E-state index in [0.717, 1.165) is 18.7 Å². The van der Waals surface area contributed by atoms with Gasteiger partial charge in [-0.1, -0.05) is 0 Å². The fourth-order valence-electron chi connectivity index (χ4n) is 1.43. The molecule has 2 rings (SSSR count). The van der Waals surface area contributed by atoms with Gasteiger partial charge in [0.05, 0.1) is 17.9 Å². The number of rotatable bonds is 3. The molecular weight excluding hydrogens is 192 g/mol. The largest absolute Gasteiger partial charge is 0.462 e. The molecule has 0 saturated heterocycles. The number of hydrogen-bond donors (Lipinski definition) is 0. The molecule has 0 radical (unpaired) electrons. The molecule has 1 aromatic heterocycles. The number of hydrogen-bond acceptors (Lipinski definition) is 4. The first kappa shape index (κ1) is 10.1. The molecule has 1 aliphatic carbocycles. The van der Waals surface area contributed by atoms with Gasteiger partial charge in [-0.15, -0.1) is 0 Å². The molecule has 1 saturated carbocycles. The molecule has 4 heteroatoms. The highest BCUT2D eigenvalue weighted by Gasteiger charge is 2.27. The summed E-state index contributed by atoms with van der Waals surface area (Å²) in [4.78, 5) is 20.0. The fourth-order valence-corrected chi connectivity index (χ4v) is 1.43. The van der Waals surface area contributed by atoms with Gasteiger partial charge in [-0.25, -0.2) is 14.8 Å². The number of aryl methyl sites for hydroxylation is 1. The minimum absolute atomic E-state index is 0.336. The second kappa shape index (κ2) is 3.96. The second-order valence-corrected chi connectivity index (χ2v) is 3.72. The average molecular weight is 206 g/mol. The van der Waals surface area contributed by atoms with Crippen molar-refractivity contribution in [1.29, 1.82) is 0 Å². The third-order valence-corrected chi connectivity index (χ3v) is 2.44. The maximum Gasteiger partial charge on any atom is 0.341 e. The van der Waals surface area contributed by atoms with Crippen molar-refractivity contribution in [2.24, 2.45) is 0 Å². The van der Waals surface area contributed by atoms with E-state index in [4.69, 9.17) is 4.74 Å². The number of carbonyl (C=O) groups is 1. The number of carbonyl (C=O) groups excluding carboxylic acids is 1. The molecule has 1 aromatic rings. The van der Waals surface area contributed by atoms with Crippen LogP contribution in [0.3, 0.4) is 0 Å². The average Bonchev–Trinajstić information content (AvgIpc) is 3.01. The summed E-state index contributed by atoms with van der Waals surface area (Å²) in [6.45, 7) is 3.98. The molecule has 80 valence electrons. The second-order valence-electron chi connectivity index (χ2n) is 3.72. The first-order valence-electron chi connectivity index (χ1n) is 5.23. The SMILES string of the molecule is CCOC(=O)c1cnc(C2CC2)nc1C. The summed E-state index contributed by atoms with van der Waals surface area (Å²) in [7, 11) is 0. The van der Waals surface area contributed by atoms with Gasteiger partial charge >= 0.3 is 5.97 Å². The highest BCUT2D eigenvalue weighted by Crippen LogP contribution is 2.37.